The van der Waals surface area contributed by atoms with Crippen LogP contribution in [0.1, 0.15) is 35.2 Å². The molecule has 0 N–H and O–H groups in total. The third kappa shape index (κ3) is 3.91. The van der Waals surface area contributed by atoms with Crippen molar-refractivity contribution in [2.45, 2.75) is 43.6 Å². The maximum Gasteiger partial charge on any atom is 0.419 e. The number of fused-ring (bicyclic) bond motifs is 2. The van der Waals surface area contributed by atoms with Crippen LogP contribution in [0.25, 0.3) is 11.4 Å². The molecule has 3 unspecified atom stereocenters. The lowest BCUT2D eigenvalue weighted by Gasteiger charge is -2.26. The van der Waals surface area contributed by atoms with E-state index in [-0.39, 0.29) is 24.0 Å². The van der Waals surface area contributed by atoms with E-state index in [0.717, 1.165) is 6.42 Å². The van der Waals surface area contributed by atoms with E-state index in [0.29, 0.717) is 47.9 Å². The van der Waals surface area contributed by atoms with Crippen molar-refractivity contribution in [3.05, 3.63) is 60.2 Å². The molecule has 3 atom stereocenters. The number of carbonyl (C=O) groups is 1. The molecule has 8 nitrogen and oxygen atoms in total. The molecule has 2 aliphatic rings. The summed E-state index contributed by atoms with van der Waals surface area (Å²) in [6, 6.07) is 6.46. The number of hydrogen-bond donors (Lipinski definition) is 0. The number of hydrogen-bond acceptors (Lipinski definition) is 7. The number of carbonyl (C=O) groups excluding carboxylic acids is 1. The molecule has 11 heteroatoms. The van der Waals surface area contributed by atoms with Crippen molar-refractivity contribution in [1.29, 1.82) is 0 Å². The predicted molar refractivity (Wildman–Crippen MR) is 113 cm³/mol. The Hall–Kier alpha value is -3.76. The van der Waals surface area contributed by atoms with Crippen LogP contribution in [0.2, 0.25) is 0 Å². The van der Waals surface area contributed by atoms with Crippen molar-refractivity contribution in [3.8, 4) is 23.1 Å². The minimum Gasteiger partial charge on any atom is -0.496 e. The molecule has 0 radical (unpaired) electrons. The van der Waals surface area contributed by atoms with Gasteiger partial charge in [-0.1, -0.05) is 12.1 Å². The van der Waals surface area contributed by atoms with Crippen LogP contribution in [-0.2, 0) is 6.18 Å². The van der Waals surface area contributed by atoms with Crippen molar-refractivity contribution in [1.82, 2.24) is 24.8 Å². The third-order valence-corrected chi connectivity index (χ3v) is 6.19. The van der Waals surface area contributed by atoms with Crippen LogP contribution in [0.4, 0.5) is 13.2 Å². The smallest absolute Gasteiger partial charge is 0.419 e. The fraction of sp³-hybridized carbons (Fsp3) is 0.348. The Balaban J connectivity index is 1.41. The highest BCUT2D eigenvalue weighted by molar-refractivity contribution is 6.03. The molecule has 2 aliphatic heterocycles. The van der Waals surface area contributed by atoms with Crippen molar-refractivity contribution in [3.63, 3.8) is 0 Å². The number of halogens is 3. The van der Waals surface area contributed by atoms with Gasteiger partial charge in [-0.25, -0.2) is 19.9 Å². The molecule has 2 bridgehead atoms. The van der Waals surface area contributed by atoms with Gasteiger partial charge in [-0.3, -0.25) is 4.79 Å². The van der Waals surface area contributed by atoms with E-state index >= 15 is 0 Å². The highest BCUT2D eigenvalue weighted by atomic mass is 19.4. The van der Waals surface area contributed by atoms with Gasteiger partial charge in [-0.05, 0) is 25.0 Å². The van der Waals surface area contributed by atoms with Gasteiger partial charge >= 0.3 is 12.2 Å². The molecule has 0 spiro atoms. The van der Waals surface area contributed by atoms with Gasteiger partial charge in [-0.15, -0.1) is 0 Å². The molecule has 1 aromatic carbocycles. The third-order valence-electron chi connectivity index (χ3n) is 6.19. The first-order chi connectivity index (χ1) is 16.4. The van der Waals surface area contributed by atoms with Crippen LogP contribution in [0, 0.1) is 0 Å². The Labute approximate surface area is 192 Å². The molecule has 5 rings (SSSR count). The molecule has 34 heavy (non-hydrogen) atoms. The fourth-order valence-electron chi connectivity index (χ4n) is 4.71. The molecular weight excluding hydrogens is 451 g/mol. The van der Waals surface area contributed by atoms with Gasteiger partial charge < -0.3 is 14.4 Å². The Bertz CT molecular complexity index is 1190. The molecule has 176 valence electrons. The summed E-state index contributed by atoms with van der Waals surface area (Å²) in [5.74, 6) is 0.582. The van der Waals surface area contributed by atoms with Gasteiger partial charge in [0, 0.05) is 42.8 Å². The molecule has 2 fully saturated rings. The minimum absolute atomic E-state index is 0.0774. The van der Waals surface area contributed by atoms with Gasteiger partial charge in [-0.2, -0.15) is 13.2 Å². The topological polar surface area (TPSA) is 90.3 Å². The molecule has 4 heterocycles. The van der Waals surface area contributed by atoms with Gasteiger partial charge in [0.15, 0.2) is 5.82 Å². The van der Waals surface area contributed by atoms with Crippen LogP contribution in [-0.4, -0.2) is 56.0 Å². The molecular formula is C23H20F3N5O3. The normalized spacial score (nSPS) is 21.5. The number of aromatic nitrogens is 4. The Morgan fingerprint density at radius 3 is 2.47 bits per heavy atom. The highest BCUT2D eigenvalue weighted by Crippen LogP contribution is 2.42. The maximum absolute atomic E-state index is 13.8. The largest absolute Gasteiger partial charge is 0.496 e. The van der Waals surface area contributed by atoms with E-state index in [2.05, 4.69) is 19.9 Å². The summed E-state index contributed by atoms with van der Waals surface area (Å²) in [6.07, 6.45) is 1.68. The second kappa shape index (κ2) is 8.54. The van der Waals surface area contributed by atoms with Crippen LogP contribution >= 0.6 is 0 Å². The first-order valence-corrected chi connectivity index (χ1v) is 10.7. The molecule has 0 saturated carbocycles. The molecule has 2 saturated heterocycles. The summed E-state index contributed by atoms with van der Waals surface area (Å²) < 4.78 is 49.7. The van der Waals surface area contributed by atoms with E-state index in [1.54, 1.807) is 41.6 Å². The first kappa shape index (κ1) is 22.1. The summed E-state index contributed by atoms with van der Waals surface area (Å²) in [5.41, 5.74) is -0.0317. The van der Waals surface area contributed by atoms with E-state index < -0.39 is 17.8 Å². The first-order valence-electron chi connectivity index (χ1n) is 10.7. The summed E-state index contributed by atoms with van der Waals surface area (Å²) in [6.45, 7) is 0. The zero-order valence-corrected chi connectivity index (χ0v) is 18.1. The zero-order valence-electron chi connectivity index (χ0n) is 18.1. The van der Waals surface area contributed by atoms with Crippen LogP contribution in [0.15, 0.2) is 49.1 Å². The number of ether oxygens (including phenoxy) is 2. The molecule has 0 aliphatic carbocycles. The van der Waals surface area contributed by atoms with E-state index in [1.165, 1.54) is 7.11 Å². The summed E-state index contributed by atoms with van der Waals surface area (Å²) in [7, 11) is 1.49. The van der Waals surface area contributed by atoms with Gasteiger partial charge in [0.05, 0.1) is 24.3 Å². The summed E-state index contributed by atoms with van der Waals surface area (Å²) >= 11 is 0. The second-order valence-electron chi connectivity index (χ2n) is 8.11. The monoisotopic (exact) mass is 471 g/mol. The Morgan fingerprint density at radius 2 is 1.79 bits per heavy atom. The molecule has 2 aromatic heterocycles. The maximum atomic E-state index is 13.8. The lowest BCUT2D eigenvalue weighted by molar-refractivity contribution is -0.138. The number of alkyl halides is 3. The van der Waals surface area contributed by atoms with E-state index in [1.807, 2.05) is 0 Å². The van der Waals surface area contributed by atoms with Crippen molar-refractivity contribution >= 4 is 5.91 Å². The summed E-state index contributed by atoms with van der Waals surface area (Å²) in [5, 5.41) is 0. The van der Waals surface area contributed by atoms with Gasteiger partial charge in [0.1, 0.15) is 11.9 Å². The molecule has 1 amide bonds. The average Bonchev–Trinajstić information content (AvgIpc) is 3.41. The highest BCUT2D eigenvalue weighted by Gasteiger charge is 2.51. The van der Waals surface area contributed by atoms with Gasteiger partial charge in [0.25, 0.3) is 5.91 Å². The SMILES string of the molecule is COc1cccc(-c2ncccn2)c1C(=O)N1C2CCC1C(Oc1ncc(C(F)(F)F)cn1)C2. The Kier molecular flexibility index (Phi) is 5.54. The summed E-state index contributed by atoms with van der Waals surface area (Å²) in [4.78, 5) is 31.6. The number of rotatable bonds is 5. The molecule has 3 aromatic rings. The van der Waals surface area contributed by atoms with Crippen LogP contribution < -0.4 is 9.47 Å². The lowest BCUT2D eigenvalue weighted by Crippen LogP contribution is -2.39. The van der Waals surface area contributed by atoms with E-state index in [9.17, 15) is 18.0 Å². The Morgan fingerprint density at radius 1 is 1.06 bits per heavy atom. The minimum atomic E-state index is -4.52. The quantitative estimate of drug-likeness (QED) is 0.559. The number of amides is 1. The fourth-order valence-corrected chi connectivity index (χ4v) is 4.71. The number of nitrogens with zero attached hydrogens (tertiary/aromatic N) is 5. The van der Waals surface area contributed by atoms with Crippen molar-refractivity contribution in [2.75, 3.05) is 7.11 Å². The number of methoxy groups -OCH3 is 1. The average molecular weight is 471 g/mol. The zero-order chi connectivity index (χ0) is 23.9. The predicted octanol–water partition coefficient (Wildman–Crippen LogP) is 3.79. The van der Waals surface area contributed by atoms with Crippen molar-refractivity contribution in [2.24, 2.45) is 0 Å². The van der Waals surface area contributed by atoms with Gasteiger partial charge in [0.2, 0.25) is 0 Å². The number of benzene rings is 1. The van der Waals surface area contributed by atoms with Crippen LogP contribution in [0.3, 0.4) is 0 Å². The van der Waals surface area contributed by atoms with Crippen molar-refractivity contribution < 1.29 is 27.4 Å². The standard InChI is InChI=1S/C23H20F3N5O3/c1-33-17-5-2-4-15(20-27-8-3-9-28-20)19(17)21(32)31-14-6-7-16(31)18(10-14)34-22-29-11-13(12-30-22)23(24,25)26/h2-5,8-9,11-12,14,16,18H,6-7,10H2,1H3. The van der Waals surface area contributed by atoms with Crippen LogP contribution in [0.5, 0.6) is 11.8 Å². The second-order valence-corrected chi connectivity index (χ2v) is 8.11. The lowest BCUT2D eigenvalue weighted by atomic mass is 9.98. The van der Waals surface area contributed by atoms with E-state index in [4.69, 9.17) is 9.47 Å².